The van der Waals surface area contributed by atoms with E-state index in [0.717, 1.165) is 23.7 Å². The van der Waals surface area contributed by atoms with Gasteiger partial charge in [-0.1, -0.05) is 6.92 Å². The summed E-state index contributed by atoms with van der Waals surface area (Å²) in [7, 11) is -3.54. The highest BCUT2D eigenvalue weighted by Crippen LogP contribution is 2.13. The van der Waals surface area contributed by atoms with Gasteiger partial charge in [0.2, 0.25) is 10.0 Å². The second kappa shape index (κ2) is 7.12. The molecule has 9 heteroatoms. The Morgan fingerprint density at radius 1 is 1.43 bits per heavy atom. The predicted octanol–water partition coefficient (Wildman–Crippen LogP) is 0.736. The summed E-state index contributed by atoms with van der Waals surface area (Å²) >= 11 is 1.44. The van der Waals surface area contributed by atoms with Crippen molar-refractivity contribution in [2.45, 2.75) is 31.8 Å². The zero-order chi connectivity index (χ0) is 15.3. The summed E-state index contributed by atoms with van der Waals surface area (Å²) in [6.45, 7) is 6.40. The highest BCUT2D eigenvalue weighted by molar-refractivity contribution is 7.89. The monoisotopic (exact) mass is 329 g/mol. The number of sulfonamides is 1. The number of hydrogen-bond acceptors (Lipinski definition) is 6. The van der Waals surface area contributed by atoms with Crippen LogP contribution in [0.15, 0.2) is 22.8 Å². The van der Waals surface area contributed by atoms with E-state index in [9.17, 15) is 8.42 Å². The average Bonchev–Trinajstić information content (AvgIpc) is 3.06. The fraction of sp³-hybridized carbons (Fsp3) is 0.500. The molecule has 0 aliphatic carbocycles. The molecule has 0 fully saturated rings. The van der Waals surface area contributed by atoms with Crippen molar-refractivity contribution in [1.29, 1.82) is 0 Å². The summed E-state index contributed by atoms with van der Waals surface area (Å²) in [5.74, 6) is 0. The third-order valence-electron chi connectivity index (χ3n) is 2.96. The van der Waals surface area contributed by atoms with E-state index in [-0.39, 0.29) is 11.4 Å². The fourth-order valence-corrected chi connectivity index (χ4v) is 3.47. The molecule has 116 valence electrons. The number of nitrogens with zero attached hydrogens (tertiary/aromatic N) is 3. The highest BCUT2D eigenvalue weighted by atomic mass is 32.2. The van der Waals surface area contributed by atoms with E-state index in [2.05, 4.69) is 20.1 Å². The topological polar surface area (TPSA) is 88.9 Å². The number of hydrogen-bond donors (Lipinski definition) is 2. The van der Waals surface area contributed by atoms with Crippen LogP contribution >= 0.6 is 11.3 Å². The second-order valence-electron chi connectivity index (χ2n) is 4.48. The number of rotatable bonds is 8. The molecule has 0 atom stereocenters. The minimum absolute atomic E-state index is 0.182. The van der Waals surface area contributed by atoms with Gasteiger partial charge in [-0.15, -0.1) is 11.3 Å². The molecule has 2 N–H and O–H groups in total. The molecule has 0 aliphatic rings. The quantitative estimate of drug-likeness (QED) is 0.697. The molecule has 0 aromatic carbocycles. The number of likely N-dealkylation sites (N-methyl/N-ethyl adjacent to an activating group) is 1. The van der Waals surface area contributed by atoms with E-state index in [0.29, 0.717) is 6.54 Å². The van der Waals surface area contributed by atoms with Gasteiger partial charge in [0, 0.05) is 24.2 Å². The summed E-state index contributed by atoms with van der Waals surface area (Å²) in [6.07, 6.45) is 2.91. The number of aromatic nitrogens is 3. The standard InChI is InChI=1S/C12H19N5O2S2/c1-3-13-4-5-17-8-11(6-15-17)21(18,19)16-7-12-10(2)14-9-20-12/h6,8-9,13,16H,3-5,7H2,1-2H3. The lowest BCUT2D eigenvalue weighted by atomic mass is 10.4. The van der Waals surface area contributed by atoms with Crippen LogP contribution in [0.1, 0.15) is 17.5 Å². The maximum Gasteiger partial charge on any atom is 0.244 e. The van der Waals surface area contributed by atoms with E-state index in [1.54, 1.807) is 16.4 Å². The van der Waals surface area contributed by atoms with Crippen molar-refractivity contribution >= 4 is 21.4 Å². The Morgan fingerprint density at radius 3 is 2.90 bits per heavy atom. The molecular formula is C12H19N5O2S2. The van der Waals surface area contributed by atoms with Crippen LogP contribution in [-0.4, -0.2) is 36.3 Å². The van der Waals surface area contributed by atoms with Crippen molar-refractivity contribution < 1.29 is 8.42 Å². The average molecular weight is 329 g/mol. The molecular weight excluding hydrogens is 310 g/mol. The molecule has 2 aromatic rings. The van der Waals surface area contributed by atoms with Gasteiger partial charge in [0.25, 0.3) is 0 Å². The van der Waals surface area contributed by atoms with Gasteiger partial charge >= 0.3 is 0 Å². The third kappa shape index (κ3) is 4.34. The summed E-state index contributed by atoms with van der Waals surface area (Å²) in [5.41, 5.74) is 2.56. The van der Waals surface area contributed by atoms with E-state index in [1.807, 2.05) is 13.8 Å². The van der Waals surface area contributed by atoms with Crippen LogP contribution in [-0.2, 0) is 23.1 Å². The van der Waals surface area contributed by atoms with Gasteiger partial charge in [0.05, 0.1) is 23.9 Å². The number of nitrogens with one attached hydrogen (secondary N) is 2. The SMILES string of the molecule is CCNCCn1cc(S(=O)(=O)NCc2scnc2C)cn1. The van der Waals surface area contributed by atoms with Gasteiger partial charge < -0.3 is 5.32 Å². The van der Waals surface area contributed by atoms with Crippen LogP contribution in [0.4, 0.5) is 0 Å². The van der Waals surface area contributed by atoms with Gasteiger partial charge in [-0.25, -0.2) is 18.1 Å². The molecule has 0 saturated carbocycles. The van der Waals surface area contributed by atoms with E-state index in [4.69, 9.17) is 0 Å². The van der Waals surface area contributed by atoms with Crippen molar-refractivity contribution in [3.63, 3.8) is 0 Å². The van der Waals surface area contributed by atoms with E-state index in [1.165, 1.54) is 17.5 Å². The first-order valence-corrected chi connectivity index (χ1v) is 9.01. The highest BCUT2D eigenvalue weighted by Gasteiger charge is 2.17. The number of aryl methyl sites for hydroxylation is 1. The van der Waals surface area contributed by atoms with Crippen molar-refractivity contribution in [3.05, 3.63) is 28.5 Å². The largest absolute Gasteiger partial charge is 0.315 e. The second-order valence-corrected chi connectivity index (χ2v) is 7.18. The van der Waals surface area contributed by atoms with Crippen molar-refractivity contribution in [3.8, 4) is 0 Å². The van der Waals surface area contributed by atoms with Crippen molar-refractivity contribution in [2.75, 3.05) is 13.1 Å². The molecule has 0 aliphatic heterocycles. The lowest BCUT2D eigenvalue weighted by Gasteiger charge is -2.04. The molecule has 2 aromatic heterocycles. The van der Waals surface area contributed by atoms with Crippen molar-refractivity contribution in [1.82, 2.24) is 24.8 Å². The fourth-order valence-electron chi connectivity index (χ4n) is 1.72. The molecule has 0 saturated heterocycles. The molecule has 2 heterocycles. The van der Waals surface area contributed by atoms with Crippen LogP contribution in [0.3, 0.4) is 0 Å². The van der Waals surface area contributed by atoms with E-state index < -0.39 is 10.0 Å². The molecule has 0 spiro atoms. The summed E-state index contributed by atoms with van der Waals surface area (Å²) in [5, 5.41) is 7.23. The summed E-state index contributed by atoms with van der Waals surface area (Å²) in [4.78, 5) is 5.19. The first-order chi connectivity index (χ1) is 10.0. The van der Waals surface area contributed by atoms with E-state index >= 15 is 0 Å². The predicted molar refractivity (Wildman–Crippen MR) is 81.6 cm³/mol. The normalized spacial score (nSPS) is 11.9. The minimum Gasteiger partial charge on any atom is -0.315 e. The Kier molecular flexibility index (Phi) is 5.45. The zero-order valence-corrected chi connectivity index (χ0v) is 13.7. The van der Waals surface area contributed by atoms with Crippen LogP contribution in [0, 0.1) is 6.92 Å². The molecule has 0 bridgehead atoms. The Bertz CT molecular complexity index is 677. The first-order valence-electron chi connectivity index (χ1n) is 6.64. The van der Waals surface area contributed by atoms with Crippen LogP contribution < -0.4 is 10.0 Å². The molecule has 0 unspecified atom stereocenters. The van der Waals surface area contributed by atoms with Crippen LogP contribution in [0.5, 0.6) is 0 Å². The smallest absolute Gasteiger partial charge is 0.244 e. The molecule has 21 heavy (non-hydrogen) atoms. The first kappa shape index (κ1) is 16.1. The number of thiazole rings is 1. The van der Waals surface area contributed by atoms with Gasteiger partial charge in [0.1, 0.15) is 4.90 Å². The van der Waals surface area contributed by atoms with Gasteiger partial charge in [-0.05, 0) is 13.5 Å². The summed E-state index contributed by atoms with van der Waals surface area (Å²) < 4.78 is 28.6. The Balaban J connectivity index is 1.97. The molecule has 0 amide bonds. The summed E-state index contributed by atoms with van der Waals surface area (Å²) in [6, 6.07) is 0. The van der Waals surface area contributed by atoms with Gasteiger partial charge in [-0.3, -0.25) is 4.68 Å². The minimum atomic E-state index is -3.54. The Morgan fingerprint density at radius 2 is 2.24 bits per heavy atom. The van der Waals surface area contributed by atoms with Crippen LogP contribution in [0.2, 0.25) is 0 Å². The molecule has 7 nitrogen and oxygen atoms in total. The van der Waals surface area contributed by atoms with Gasteiger partial charge in [-0.2, -0.15) is 5.10 Å². The molecule has 0 radical (unpaired) electrons. The Hall–Kier alpha value is -1.29. The third-order valence-corrected chi connectivity index (χ3v) is 5.25. The van der Waals surface area contributed by atoms with Crippen LogP contribution in [0.25, 0.3) is 0 Å². The lowest BCUT2D eigenvalue weighted by molar-refractivity contribution is 0.563. The lowest BCUT2D eigenvalue weighted by Crippen LogP contribution is -2.23. The molecule has 2 rings (SSSR count). The maximum absolute atomic E-state index is 12.2. The zero-order valence-electron chi connectivity index (χ0n) is 12.0. The Labute approximate surface area is 128 Å². The van der Waals surface area contributed by atoms with Gasteiger partial charge in [0.15, 0.2) is 0 Å². The maximum atomic E-state index is 12.2. The van der Waals surface area contributed by atoms with Crippen molar-refractivity contribution in [2.24, 2.45) is 0 Å².